The van der Waals surface area contributed by atoms with E-state index in [1.807, 2.05) is 0 Å². The molecule has 102 valence electrons. The summed E-state index contributed by atoms with van der Waals surface area (Å²) >= 11 is 0. The summed E-state index contributed by atoms with van der Waals surface area (Å²) in [5, 5.41) is 7.50. The minimum Gasteiger partial charge on any atom is -0.383 e. The molecule has 0 radical (unpaired) electrons. The van der Waals surface area contributed by atoms with Crippen molar-refractivity contribution >= 4 is 19.7 Å². The number of hydrogen-bond acceptors (Lipinski definition) is 5. The van der Waals surface area contributed by atoms with Crippen molar-refractivity contribution in [2.24, 2.45) is 5.41 Å². The normalized spacial score (nSPS) is 22.1. The maximum atomic E-state index is 11.4. The molecule has 1 heterocycles. The van der Waals surface area contributed by atoms with Crippen LogP contribution in [0.4, 0.5) is 0 Å². The summed E-state index contributed by atoms with van der Waals surface area (Å²) in [6.07, 6.45) is 0.973. The predicted octanol–water partition coefficient (Wildman–Crippen LogP) is 1.37. The van der Waals surface area contributed by atoms with Gasteiger partial charge >= 0.3 is 0 Å². The van der Waals surface area contributed by atoms with Gasteiger partial charge in [-0.2, -0.15) is 0 Å². The summed E-state index contributed by atoms with van der Waals surface area (Å²) in [6.45, 7) is 4.99. The fourth-order valence-corrected chi connectivity index (χ4v) is 2.97. The van der Waals surface area contributed by atoms with E-state index in [0.29, 0.717) is 19.0 Å². The molecule has 0 spiro atoms. The third-order valence-electron chi connectivity index (χ3n) is 3.31. The number of hydrogen-bond donors (Lipinski definition) is 0. The molecular formula is C10H16ClN3O3S. The second-order valence-corrected chi connectivity index (χ2v) is 7.63. The molecule has 1 atom stereocenters. The summed E-state index contributed by atoms with van der Waals surface area (Å²) in [5.74, 6) is 0.908. The maximum absolute atomic E-state index is 11.4. The number of nitrogens with zero attached hydrogens (tertiary/aromatic N) is 3. The van der Waals surface area contributed by atoms with Gasteiger partial charge in [0.1, 0.15) is 5.82 Å². The van der Waals surface area contributed by atoms with E-state index in [-0.39, 0.29) is 16.5 Å². The lowest BCUT2D eigenvalue weighted by atomic mass is 10.1. The van der Waals surface area contributed by atoms with Crippen molar-refractivity contribution < 1.29 is 13.2 Å². The van der Waals surface area contributed by atoms with Crippen LogP contribution in [0.1, 0.15) is 32.0 Å². The van der Waals surface area contributed by atoms with Crippen molar-refractivity contribution in [2.75, 3.05) is 13.7 Å². The average molecular weight is 294 g/mol. The van der Waals surface area contributed by atoms with E-state index in [1.165, 1.54) is 0 Å². The third kappa shape index (κ3) is 2.53. The number of aromatic nitrogens is 3. The molecule has 0 amide bonds. The zero-order valence-electron chi connectivity index (χ0n) is 10.6. The standard InChI is InChI=1S/C10H16ClN3O3S/c1-10(2)6-7(10)8-12-13-9(18(11,15)16)14(8)4-5-17-3/h7H,4-6H2,1-3H3. The van der Waals surface area contributed by atoms with Gasteiger partial charge < -0.3 is 4.74 Å². The van der Waals surface area contributed by atoms with Gasteiger partial charge in [-0.3, -0.25) is 4.57 Å². The largest absolute Gasteiger partial charge is 0.383 e. The molecular weight excluding hydrogens is 278 g/mol. The van der Waals surface area contributed by atoms with Crippen LogP contribution in [0.15, 0.2) is 5.16 Å². The van der Waals surface area contributed by atoms with Gasteiger partial charge in [-0.1, -0.05) is 13.8 Å². The number of methoxy groups -OCH3 is 1. The minimum atomic E-state index is -3.88. The Morgan fingerprint density at radius 1 is 1.50 bits per heavy atom. The van der Waals surface area contributed by atoms with Crippen LogP contribution in [-0.2, 0) is 20.3 Å². The molecule has 1 aromatic heterocycles. The van der Waals surface area contributed by atoms with Crippen molar-refractivity contribution in [1.82, 2.24) is 14.8 Å². The molecule has 6 nitrogen and oxygen atoms in total. The molecule has 1 unspecified atom stereocenters. The van der Waals surface area contributed by atoms with Gasteiger partial charge in [0, 0.05) is 30.3 Å². The van der Waals surface area contributed by atoms with E-state index in [1.54, 1.807) is 11.7 Å². The number of halogens is 1. The third-order valence-corrected chi connectivity index (χ3v) is 4.46. The fraction of sp³-hybridized carbons (Fsp3) is 0.800. The smallest absolute Gasteiger partial charge is 0.296 e. The summed E-state index contributed by atoms with van der Waals surface area (Å²) in [6, 6.07) is 0. The topological polar surface area (TPSA) is 74.1 Å². The first-order valence-electron chi connectivity index (χ1n) is 5.64. The van der Waals surface area contributed by atoms with Crippen LogP contribution in [0.3, 0.4) is 0 Å². The monoisotopic (exact) mass is 293 g/mol. The summed E-state index contributed by atoms with van der Waals surface area (Å²) in [5.41, 5.74) is 0.144. The minimum absolute atomic E-state index is 0.144. The molecule has 0 bridgehead atoms. The lowest BCUT2D eigenvalue weighted by Gasteiger charge is -2.09. The highest BCUT2D eigenvalue weighted by Gasteiger charge is 2.50. The Kier molecular flexibility index (Phi) is 3.42. The SMILES string of the molecule is COCCn1c(C2CC2(C)C)nnc1S(=O)(=O)Cl. The van der Waals surface area contributed by atoms with E-state index < -0.39 is 9.05 Å². The Labute approximate surface area is 111 Å². The van der Waals surface area contributed by atoms with Gasteiger partial charge in [0.15, 0.2) is 0 Å². The second kappa shape index (κ2) is 4.47. The van der Waals surface area contributed by atoms with Crippen molar-refractivity contribution in [1.29, 1.82) is 0 Å². The quantitative estimate of drug-likeness (QED) is 0.767. The van der Waals surface area contributed by atoms with E-state index >= 15 is 0 Å². The van der Waals surface area contributed by atoms with Gasteiger partial charge in [-0.25, -0.2) is 8.42 Å². The van der Waals surface area contributed by atoms with Crippen LogP contribution in [0.5, 0.6) is 0 Å². The van der Waals surface area contributed by atoms with Gasteiger partial charge in [-0.05, 0) is 11.8 Å². The van der Waals surface area contributed by atoms with E-state index in [2.05, 4.69) is 24.0 Å². The first-order valence-corrected chi connectivity index (χ1v) is 7.95. The van der Waals surface area contributed by atoms with Gasteiger partial charge in [0.05, 0.1) is 6.61 Å². The Hall–Kier alpha value is -0.660. The molecule has 0 aromatic carbocycles. The Balaban J connectivity index is 2.39. The van der Waals surface area contributed by atoms with E-state index in [0.717, 1.165) is 6.42 Å². The van der Waals surface area contributed by atoms with Crippen LogP contribution in [0.25, 0.3) is 0 Å². The Bertz CT molecular complexity index is 553. The lowest BCUT2D eigenvalue weighted by Crippen LogP contribution is -2.13. The molecule has 1 aromatic rings. The first-order chi connectivity index (χ1) is 8.27. The molecule has 2 rings (SSSR count). The predicted molar refractivity (Wildman–Crippen MR) is 66.1 cm³/mol. The molecule has 0 aliphatic heterocycles. The molecule has 1 saturated carbocycles. The maximum Gasteiger partial charge on any atom is 0.296 e. The van der Waals surface area contributed by atoms with Crippen molar-refractivity contribution in [3.63, 3.8) is 0 Å². The van der Waals surface area contributed by atoms with Crippen molar-refractivity contribution in [3.05, 3.63) is 5.82 Å². The summed E-state index contributed by atoms with van der Waals surface area (Å²) in [4.78, 5) is 0. The van der Waals surface area contributed by atoms with Crippen LogP contribution in [-0.4, -0.2) is 36.9 Å². The second-order valence-electron chi connectivity index (χ2n) is 5.17. The zero-order chi connectivity index (χ0) is 13.6. The lowest BCUT2D eigenvalue weighted by molar-refractivity contribution is 0.183. The number of ether oxygens (including phenoxy) is 1. The average Bonchev–Trinajstić information content (AvgIpc) is 2.72. The molecule has 1 fully saturated rings. The summed E-state index contributed by atoms with van der Waals surface area (Å²) < 4.78 is 29.4. The van der Waals surface area contributed by atoms with Crippen molar-refractivity contribution in [3.8, 4) is 0 Å². The molecule has 1 aliphatic rings. The van der Waals surface area contributed by atoms with Crippen LogP contribution in [0.2, 0.25) is 0 Å². The fourth-order valence-electron chi connectivity index (χ4n) is 2.04. The highest BCUT2D eigenvalue weighted by Crippen LogP contribution is 2.58. The first kappa shape index (κ1) is 13.8. The molecule has 1 aliphatic carbocycles. The Morgan fingerprint density at radius 3 is 2.56 bits per heavy atom. The molecule has 0 N–H and O–H groups in total. The highest BCUT2D eigenvalue weighted by atomic mass is 35.7. The number of rotatable bonds is 5. The van der Waals surface area contributed by atoms with Gasteiger partial charge in [-0.15, -0.1) is 10.2 Å². The summed E-state index contributed by atoms with van der Waals surface area (Å²) in [7, 11) is 3.04. The Morgan fingerprint density at radius 2 is 2.11 bits per heavy atom. The van der Waals surface area contributed by atoms with Gasteiger partial charge in [0.25, 0.3) is 14.2 Å². The highest BCUT2D eigenvalue weighted by molar-refractivity contribution is 8.13. The van der Waals surface area contributed by atoms with E-state index in [9.17, 15) is 8.42 Å². The van der Waals surface area contributed by atoms with Crippen LogP contribution >= 0.6 is 10.7 Å². The van der Waals surface area contributed by atoms with Crippen molar-refractivity contribution in [2.45, 2.75) is 37.9 Å². The molecule has 18 heavy (non-hydrogen) atoms. The van der Waals surface area contributed by atoms with Gasteiger partial charge in [0.2, 0.25) is 0 Å². The van der Waals surface area contributed by atoms with E-state index in [4.69, 9.17) is 15.4 Å². The van der Waals surface area contributed by atoms with Crippen LogP contribution < -0.4 is 0 Å². The molecule has 0 saturated heterocycles. The molecule has 8 heteroatoms. The van der Waals surface area contributed by atoms with Crippen LogP contribution in [0, 0.1) is 5.41 Å². The zero-order valence-corrected chi connectivity index (χ0v) is 12.1.